The van der Waals surface area contributed by atoms with E-state index in [1.807, 2.05) is 48.5 Å². The monoisotopic (exact) mass is 286 g/mol. The molecule has 0 aliphatic rings. The lowest BCUT2D eigenvalue weighted by molar-refractivity contribution is 0.481. The Morgan fingerprint density at radius 3 is 1.36 bits per heavy atom. The second kappa shape index (κ2) is 6.19. The van der Waals surface area contributed by atoms with Gasteiger partial charge in [-0.25, -0.2) is 0 Å². The van der Waals surface area contributed by atoms with Crippen molar-refractivity contribution in [1.82, 2.24) is 0 Å². The van der Waals surface area contributed by atoms with Gasteiger partial charge in [-0.3, -0.25) is 0 Å². The van der Waals surface area contributed by atoms with E-state index in [2.05, 4.69) is 12.1 Å². The molecule has 4 aromatic rings. The first kappa shape index (κ1) is 14.0. The summed E-state index contributed by atoms with van der Waals surface area (Å²) >= 11 is 0. The van der Waals surface area contributed by atoms with Crippen LogP contribution in [0.25, 0.3) is 21.5 Å². The van der Waals surface area contributed by atoms with E-state index in [9.17, 15) is 10.2 Å². The van der Waals surface area contributed by atoms with Crippen LogP contribution < -0.4 is 0 Å². The Labute approximate surface area is 128 Å². The van der Waals surface area contributed by atoms with Crippen molar-refractivity contribution in [3.8, 4) is 11.5 Å². The van der Waals surface area contributed by atoms with Crippen LogP contribution in [0.1, 0.15) is 0 Å². The standard InChI is InChI=1S/2C10H7O/c2*11-10-7-3-5-8-4-1-2-6-9(8)10/h2*1-5,7,11H. The van der Waals surface area contributed by atoms with Gasteiger partial charge in [0.15, 0.2) is 0 Å². The molecule has 0 aliphatic carbocycles. The molecule has 0 unspecified atom stereocenters. The van der Waals surface area contributed by atoms with E-state index in [4.69, 9.17) is 0 Å². The number of hydrogen-bond acceptors (Lipinski definition) is 2. The van der Waals surface area contributed by atoms with Gasteiger partial charge < -0.3 is 10.2 Å². The third-order valence-corrected chi connectivity index (χ3v) is 3.35. The molecule has 0 saturated carbocycles. The maximum absolute atomic E-state index is 9.34. The lowest BCUT2D eigenvalue weighted by Crippen LogP contribution is -1.71. The number of rotatable bonds is 0. The van der Waals surface area contributed by atoms with Crippen LogP contribution in [0.15, 0.2) is 72.8 Å². The molecule has 0 atom stereocenters. The Morgan fingerprint density at radius 1 is 0.545 bits per heavy atom. The van der Waals surface area contributed by atoms with Crippen LogP contribution in [0, 0.1) is 12.1 Å². The second-order valence-electron chi connectivity index (χ2n) is 4.82. The van der Waals surface area contributed by atoms with E-state index in [1.54, 1.807) is 24.3 Å². The smallest absolute Gasteiger partial charge is 0.124 e. The van der Waals surface area contributed by atoms with Gasteiger partial charge >= 0.3 is 0 Å². The fourth-order valence-electron chi connectivity index (χ4n) is 2.27. The van der Waals surface area contributed by atoms with Crippen molar-refractivity contribution in [2.45, 2.75) is 0 Å². The third kappa shape index (κ3) is 2.86. The molecule has 0 spiro atoms. The lowest BCUT2D eigenvalue weighted by atomic mass is 10.1. The molecule has 4 aromatic carbocycles. The third-order valence-electron chi connectivity index (χ3n) is 3.35. The highest BCUT2D eigenvalue weighted by molar-refractivity contribution is 5.87. The summed E-state index contributed by atoms with van der Waals surface area (Å²) in [6, 6.07) is 28.1. The van der Waals surface area contributed by atoms with Crippen molar-refractivity contribution in [3.63, 3.8) is 0 Å². The number of aromatic hydroxyl groups is 2. The highest BCUT2D eigenvalue weighted by Gasteiger charge is 1.96. The van der Waals surface area contributed by atoms with Crippen molar-refractivity contribution in [2.24, 2.45) is 0 Å². The minimum Gasteiger partial charge on any atom is -0.507 e. The first-order chi connectivity index (χ1) is 10.8. The van der Waals surface area contributed by atoms with E-state index in [0.717, 1.165) is 21.5 Å². The molecular weight excluding hydrogens is 272 g/mol. The second-order valence-corrected chi connectivity index (χ2v) is 4.82. The van der Waals surface area contributed by atoms with Gasteiger partial charge in [-0.1, -0.05) is 60.7 Å². The average molecular weight is 286 g/mol. The molecule has 2 radical (unpaired) electrons. The van der Waals surface area contributed by atoms with Crippen molar-refractivity contribution in [3.05, 3.63) is 84.9 Å². The van der Waals surface area contributed by atoms with Crippen molar-refractivity contribution in [2.75, 3.05) is 0 Å². The molecular formula is C20H14O2. The summed E-state index contributed by atoms with van der Waals surface area (Å²) in [7, 11) is 0. The molecule has 2 heteroatoms. The van der Waals surface area contributed by atoms with Gasteiger partial charge in [-0.05, 0) is 35.0 Å². The quantitative estimate of drug-likeness (QED) is 0.492. The first-order valence-electron chi connectivity index (χ1n) is 6.92. The van der Waals surface area contributed by atoms with Crippen LogP contribution in [-0.2, 0) is 0 Å². The highest BCUT2D eigenvalue weighted by atomic mass is 16.3. The van der Waals surface area contributed by atoms with Crippen molar-refractivity contribution in [1.29, 1.82) is 0 Å². The number of phenolic OH excluding ortho intramolecular Hbond substituents is 2. The molecule has 0 saturated heterocycles. The Kier molecular flexibility index (Phi) is 3.92. The van der Waals surface area contributed by atoms with Gasteiger partial charge in [0.25, 0.3) is 0 Å². The zero-order valence-electron chi connectivity index (χ0n) is 11.8. The molecule has 0 amide bonds. The molecule has 2 N–H and O–H groups in total. The molecule has 22 heavy (non-hydrogen) atoms. The van der Waals surface area contributed by atoms with Crippen LogP contribution in [0.3, 0.4) is 0 Å². The van der Waals surface area contributed by atoms with Crippen LogP contribution in [-0.4, -0.2) is 10.2 Å². The first-order valence-corrected chi connectivity index (χ1v) is 6.92. The SMILES string of the molecule is Oc1cccc2ccc[c]c12.Oc1cccc2ccc[c]c12. The number of phenols is 2. The predicted molar refractivity (Wildman–Crippen MR) is 88.9 cm³/mol. The fraction of sp³-hybridized carbons (Fsp3) is 0. The van der Waals surface area contributed by atoms with Gasteiger partial charge in [-0.15, -0.1) is 0 Å². The Balaban J connectivity index is 0.000000131. The molecule has 0 aromatic heterocycles. The number of hydrogen-bond donors (Lipinski definition) is 2. The summed E-state index contributed by atoms with van der Waals surface area (Å²) < 4.78 is 0. The van der Waals surface area contributed by atoms with Gasteiger partial charge in [0.2, 0.25) is 0 Å². The Bertz CT molecular complexity index is 825. The Morgan fingerprint density at radius 2 is 0.955 bits per heavy atom. The summed E-state index contributed by atoms with van der Waals surface area (Å²) in [4.78, 5) is 0. The number of fused-ring (bicyclic) bond motifs is 2. The van der Waals surface area contributed by atoms with Crippen LogP contribution in [0.4, 0.5) is 0 Å². The van der Waals surface area contributed by atoms with Gasteiger partial charge in [0, 0.05) is 10.8 Å². The fourth-order valence-corrected chi connectivity index (χ4v) is 2.27. The van der Waals surface area contributed by atoms with Crippen molar-refractivity contribution < 1.29 is 10.2 Å². The molecule has 2 nitrogen and oxygen atoms in total. The summed E-state index contributed by atoms with van der Waals surface area (Å²) in [5, 5.41) is 22.3. The van der Waals surface area contributed by atoms with E-state index in [1.165, 1.54) is 0 Å². The molecule has 4 rings (SSSR count). The summed E-state index contributed by atoms with van der Waals surface area (Å²) in [5.41, 5.74) is 0. The molecule has 0 heterocycles. The number of benzene rings is 4. The van der Waals surface area contributed by atoms with Gasteiger partial charge in [0.1, 0.15) is 11.5 Å². The molecule has 0 aliphatic heterocycles. The van der Waals surface area contributed by atoms with Crippen molar-refractivity contribution >= 4 is 21.5 Å². The Hall–Kier alpha value is -3.00. The van der Waals surface area contributed by atoms with E-state index < -0.39 is 0 Å². The lowest BCUT2D eigenvalue weighted by Gasteiger charge is -1.97. The predicted octanol–water partition coefficient (Wildman–Crippen LogP) is 4.69. The van der Waals surface area contributed by atoms with E-state index in [0.29, 0.717) is 11.5 Å². The van der Waals surface area contributed by atoms with E-state index in [-0.39, 0.29) is 0 Å². The molecule has 106 valence electrons. The largest absolute Gasteiger partial charge is 0.507 e. The van der Waals surface area contributed by atoms with Crippen LogP contribution in [0.2, 0.25) is 0 Å². The van der Waals surface area contributed by atoms with Gasteiger partial charge in [-0.2, -0.15) is 0 Å². The van der Waals surface area contributed by atoms with Crippen LogP contribution >= 0.6 is 0 Å². The zero-order chi connectivity index (χ0) is 15.4. The maximum Gasteiger partial charge on any atom is 0.124 e. The average Bonchev–Trinajstić information content (AvgIpc) is 2.57. The minimum absolute atomic E-state index is 0.295. The van der Waals surface area contributed by atoms with Crippen LogP contribution in [0.5, 0.6) is 11.5 Å². The molecule has 0 bridgehead atoms. The normalized spacial score (nSPS) is 10.2. The zero-order valence-corrected chi connectivity index (χ0v) is 11.8. The molecule has 0 fully saturated rings. The minimum atomic E-state index is 0.295. The summed E-state index contributed by atoms with van der Waals surface area (Å²) in [6.45, 7) is 0. The van der Waals surface area contributed by atoms with Gasteiger partial charge in [0.05, 0.1) is 0 Å². The highest BCUT2D eigenvalue weighted by Crippen LogP contribution is 2.23. The maximum atomic E-state index is 9.34. The topological polar surface area (TPSA) is 40.5 Å². The summed E-state index contributed by atoms with van der Waals surface area (Å²) in [6.07, 6.45) is 0. The summed E-state index contributed by atoms with van der Waals surface area (Å²) in [5.74, 6) is 0.589. The van der Waals surface area contributed by atoms with E-state index >= 15 is 0 Å².